The predicted molar refractivity (Wildman–Crippen MR) is 77.5 cm³/mol. The largest absolute Gasteiger partial charge is 0.490 e. The second-order valence-corrected chi connectivity index (χ2v) is 4.46. The lowest BCUT2D eigenvalue weighted by Crippen LogP contribution is -2.20. The molecule has 0 aliphatic rings. The van der Waals surface area contributed by atoms with E-state index in [1.807, 2.05) is 19.0 Å². The van der Waals surface area contributed by atoms with E-state index in [-0.39, 0.29) is 11.4 Å². The van der Waals surface area contributed by atoms with Crippen LogP contribution in [0.3, 0.4) is 0 Å². The van der Waals surface area contributed by atoms with Gasteiger partial charge in [-0.1, -0.05) is 6.07 Å². The quantitative estimate of drug-likeness (QED) is 0.421. The summed E-state index contributed by atoms with van der Waals surface area (Å²) in [5.41, 5.74) is 0.383. The molecule has 0 saturated heterocycles. The molecule has 0 heterocycles. The van der Waals surface area contributed by atoms with Gasteiger partial charge in [0, 0.05) is 13.1 Å². The summed E-state index contributed by atoms with van der Waals surface area (Å²) in [6.07, 6.45) is 0. The SMILES string of the molecule is COc1cccc(NCCOCCN(C)C)c1[N+](=O)[O-]. The van der Waals surface area contributed by atoms with Crippen molar-refractivity contribution in [3.8, 4) is 5.75 Å². The third-order valence-corrected chi connectivity index (χ3v) is 2.65. The normalized spacial score (nSPS) is 10.6. The molecule has 112 valence electrons. The van der Waals surface area contributed by atoms with Crippen LogP contribution in [0.4, 0.5) is 11.4 Å². The van der Waals surface area contributed by atoms with Gasteiger partial charge in [-0.15, -0.1) is 0 Å². The van der Waals surface area contributed by atoms with Crippen LogP contribution >= 0.6 is 0 Å². The average Bonchev–Trinajstić information content (AvgIpc) is 2.41. The summed E-state index contributed by atoms with van der Waals surface area (Å²) in [6.45, 7) is 2.47. The van der Waals surface area contributed by atoms with E-state index in [1.165, 1.54) is 7.11 Å². The predicted octanol–water partition coefficient (Wildman–Crippen LogP) is 1.59. The van der Waals surface area contributed by atoms with Crippen LogP contribution in [0.2, 0.25) is 0 Å². The number of hydrogen-bond donors (Lipinski definition) is 1. The Balaban J connectivity index is 2.49. The van der Waals surface area contributed by atoms with E-state index in [0.717, 1.165) is 6.54 Å². The van der Waals surface area contributed by atoms with E-state index >= 15 is 0 Å². The smallest absolute Gasteiger partial charge is 0.333 e. The van der Waals surface area contributed by atoms with Crippen molar-refractivity contribution in [1.82, 2.24) is 4.90 Å². The number of benzene rings is 1. The molecular weight excluding hydrogens is 262 g/mol. The molecule has 1 aromatic carbocycles. The Kier molecular flexibility index (Phi) is 6.75. The Hall–Kier alpha value is -1.86. The van der Waals surface area contributed by atoms with Gasteiger partial charge < -0.3 is 19.7 Å². The van der Waals surface area contributed by atoms with Crippen molar-refractivity contribution in [2.75, 3.05) is 52.8 Å². The van der Waals surface area contributed by atoms with E-state index in [9.17, 15) is 10.1 Å². The van der Waals surface area contributed by atoms with Gasteiger partial charge in [-0.05, 0) is 26.2 Å². The van der Waals surface area contributed by atoms with Crippen molar-refractivity contribution in [2.45, 2.75) is 0 Å². The number of nitro groups is 1. The van der Waals surface area contributed by atoms with Crippen LogP contribution in [0.5, 0.6) is 5.75 Å². The summed E-state index contributed by atoms with van der Waals surface area (Å²) < 4.78 is 10.4. The van der Waals surface area contributed by atoms with Crippen molar-refractivity contribution >= 4 is 11.4 Å². The maximum absolute atomic E-state index is 11.1. The standard InChI is InChI=1S/C13H21N3O4/c1-15(2)8-10-20-9-7-14-11-5-4-6-12(19-3)13(11)16(17)18/h4-6,14H,7-10H2,1-3H3. The van der Waals surface area contributed by atoms with Gasteiger partial charge in [0.25, 0.3) is 0 Å². The molecule has 20 heavy (non-hydrogen) atoms. The number of ether oxygens (including phenoxy) is 2. The van der Waals surface area contributed by atoms with E-state index in [1.54, 1.807) is 18.2 Å². The molecule has 1 aromatic rings. The highest BCUT2D eigenvalue weighted by Crippen LogP contribution is 2.34. The summed E-state index contributed by atoms with van der Waals surface area (Å²) in [4.78, 5) is 12.6. The van der Waals surface area contributed by atoms with Gasteiger partial charge in [0.2, 0.25) is 0 Å². The van der Waals surface area contributed by atoms with Crippen molar-refractivity contribution in [2.24, 2.45) is 0 Å². The number of nitrogens with one attached hydrogen (secondary N) is 1. The number of rotatable bonds is 9. The number of methoxy groups -OCH3 is 1. The topological polar surface area (TPSA) is 76.9 Å². The summed E-state index contributed by atoms with van der Waals surface area (Å²) in [6, 6.07) is 4.93. The van der Waals surface area contributed by atoms with Crippen LogP contribution < -0.4 is 10.1 Å². The first-order chi connectivity index (χ1) is 9.56. The molecule has 0 saturated carbocycles. The van der Waals surface area contributed by atoms with Crippen LogP contribution in [-0.2, 0) is 4.74 Å². The Bertz CT molecular complexity index is 438. The monoisotopic (exact) mass is 283 g/mol. The number of anilines is 1. The van der Waals surface area contributed by atoms with E-state index in [4.69, 9.17) is 9.47 Å². The molecule has 0 radical (unpaired) electrons. The third kappa shape index (κ3) is 5.02. The van der Waals surface area contributed by atoms with Gasteiger partial charge in [-0.3, -0.25) is 10.1 Å². The van der Waals surface area contributed by atoms with Gasteiger partial charge in [0.15, 0.2) is 5.75 Å². The zero-order valence-corrected chi connectivity index (χ0v) is 12.1. The Morgan fingerprint density at radius 3 is 2.70 bits per heavy atom. The first kappa shape index (κ1) is 16.2. The van der Waals surface area contributed by atoms with Crippen LogP contribution in [0, 0.1) is 10.1 Å². The number of hydrogen-bond acceptors (Lipinski definition) is 6. The molecule has 0 aliphatic heterocycles. The fourth-order valence-electron chi connectivity index (χ4n) is 1.63. The summed E-state index contributed by atoms with van der Waals surface area (Å²) >= 11 is 0. The highest BCUT2D eigenvalue weighted by molar-refractivity contribution is 5.68. The molecule has 1 rings (SSSR count). The van der Waals surface area contributed by atoms with Crippen molar-refractivity contribution in [3.63, 3.8) is 0 Å². The van der Waals surface area contributed by atoms with Gasteiger partial charge >= 0.3 is 5.69 Å². The highest BCUT2D eigenvalue weighted by Gasteiger charge is 2.19. The summed E-state index contributed by atoms with van der Waals surface area (Å²) in [5, 5.41) is 14.1. The number of nitrogens with zero attached hydrogens (tertiary/aromatic N) is 2. The molecule has 0 aliphatic carbocycles. The van der Waals surface area contributed by atoms with Gasteiger partial charge in [0.1, 0.15) is 5.69 Å². The fraction of sp³-hybridized carbons (Fsp3) is 0.538. The van der Waals surface area contributed by atoms with Crippen LogP contribution in [0.15, 0.2) is 18.2 Å². The fourth-order valence-corrected chi connectivity index (χ4v) is 1.63. The lowest BCUT2D eigenvalue weighted by Gasteiger charge is -2.11. The van der Waals surface area contributed by atoms with Crippen molar-refractivity contribution in [1.29, 1.82) is 0 Å². The molecule has 0 unspecified atom stereocenters. The Morgan fingerprint density at radius 2 is 2.10 bits per heavy atom. The lowest BCUT2D eigenvalue weighted by molar-refractivity contribution is -0.384. The van der Waals surface area contributed by atoms with Crippen LogP contribution in [-0.4, -0.2) is 57.3 Å². The van der Waals surface area contributed by atoms with Crippen LogP contribution in [0.25, 0.3) is 0 Å². The zero-order chi connectivity index (χ0) is 15.0. The zero-order valence-electron chi connectivity index (χ0n) is 12.1. The number of para-hydroxylation sites is 1. The number of nitro benzene ring substituents is 1. The van der Waals surface area contributed by atoms with Gasteiger partial charge in [-0.25, -0.2) is 0 Å². The van der Waals surface area contributed by atoms with E-state index in [0.29, 0.717) is 25.4 Å². The average molecular weight is 283 g/mol. The molecule has 0 amide bonds. The highest BCUT2D eigenvalue weighted by atomic mass is 16.6. The molecule has 7 nitrogen and oxygen atoms in total. The van der Waals surface area contributed by atoms with Crippen LogP contribution in [0.1, 0.15) is 0 Å². The van der Waals surface area contributed by atoms with E-state index in [2.05, 4.69) is 5.32 Å². The maximum atomic E-state index is 11.1. The van der Waals surface area contributed by atoms with E-state index < -0.39 is 4.92 Å². The summed E-state index contributed by atoms with van der Waals surface area (Å²) in [5.74, 6) is 0.244. The molecule has 7 heteroatoms. The second kappa shape index (κ2) is 8.34. The third-order valence-electron chi connectivity index (χ3n) is 2.65. The Labute approximate surface area is 118 Å². The lowest BCUT2D eigenvalue weighted by atomic mass is 10.2. The van der Waals surface area contributed by atoms with Crippen molar-refractivity contribution in [3.05, 3.63) is 28.3 Å². The molecule has 0 bridgehead atoms. The maximum Gasteiger partial charge on any atom is 0.333 e. The van der Waals surface area contributed by atoms with Gasteiger partial charge in [-0.2, -0.15) is 0 Å². The van der Waals surface area contributed by atoms with Gasteiger partial charge in [0.05, 0.1) is 25.2 Å². The molecule has 1 N–H and O–H groups in total. The van der Waals surface area contributed by atoms with Crippen molar-refractivity contribution < 1.29 is 14.4 Å². The Morgan fingerprint density at radius 1 is 1.35 bits per heavy atom. The minimum absolute atomic E-state index is 0.0525. The first-order valence-electron chi connectivity index (χ1n) is 6.34. The summed E-state index contributed by atoms with van der Waals surface area (Å²) in [7, 11) is 5.36. The molecule has 0 spiro atoms. The molecule has 0 fully saturated rings. The molecule has 0 atom stereocenters. The molecule has 0 aromatic heterocycles. The second-order valence-electron chi connectivity index (χ2n) is 4.46. The first-order valence-corrected chi connectivity index (χ1v) is 6.34. The minimum atomic E-state index is -0.450. The molecular formula is C13H21N3O4. The number of likely N-dealkylation sites (N-methyl/N-ethyl adjacent to an activating group) is 1. The minimum Gasteiger partial charge on any atom is -0.490 e.